The minimum atomic E-state index is -0.489. The van der Waals surface area contributed by atoms with Gasteiger partial charge in [0.05, 0.1) is 0 Å². The van der Waals surface area contributed by atoms with E-state index in [0.717, 1.165) is 11.1 Å². The first-order chi connectivity index (χ1) is 10.9. The first-order valence-electron chi connectivity index (χ1n) is 7.22. The van der Waals surface area contributed by atoms with Crippen molar-refractivity contribution in [1.82, 2.24) is 0 Å². The number of aryl methyl sites for hydroxylation is 2. The topological polar surface area (TPSA) is 64.6 Å². The molecule has 0 aliphatic rings. The fourth-order valence-electron chi connectivity index (χ4n) is 2.13. The molecule has 0 saturated carbocycles. The third kappa shape index (κ3) is 5.47. The van der Waals surface area contributed by atoms with Gasteiger partial charge in [-0.2, -0.15) is 0 Å². The molecule has 2 aromatic carbocycles. The van der Waals surface area contributed by atoms with Crippen LogP contribution in [0.3, 0.4) is 0 Å². The number of nitrogens with one attached hydrogen (secondary N) is 1. The standard InChI is InChI=1S/C18H19NO4/c1-12-8-13(2)10-17(9-12)22-11-18(21)23-16-6-4-15(5-7-16)19-14(3)20/h4-10H,11H2,1-3H3,(H,19,20). The zero-order valence-electron chi connectivity index (χ0n) is 13.4. The average Bonchev–Trinajstić information content (AvgIpc) is 2.46. The van der Waals surface area contributed by atoms with Crippen molar-refractivity contribution < 1.29 is 19.1 Å². The number of carbonyl (C=O) groups is 2. The van der Waals surface area contributed by atoms with Gasteiger partial charge in [-0.25, -0.2) is 4.79 Å². The second-order valence-electron chi connectivity index (χ2n) is 5.29. The first-order valence-corrected chi connectivity index (χ1v) is 7.22. The van der Waals surface area contributed by atoms with Gasteiger partial charge in [0.25, 0.3) is 0 Å². The summed E-state index contributed by atoms with van der Waals surface area (Å²) in [6.45, 7) is 5.19. The van der Waals surface area contributed by atoms with Gasteiger partial charge in [-0.15, -0.1) is 0 Å². The molecule has 2 aromatic rings. The third-order valence-electron chi connectivity index (χ3n) is 2.96. The minimum Gasteiger partial charge on any atom is -0.482 e. The summed E-state index contributed by atoms with van der Waals surface area (Å²) in [5.41, 5.74) is 2.78. The zero-order chi connectivity index (χ0) is 16.8. The van der Waals surface area contributed by atoms with E-state index in [0.29, 0.717) is 17.2 Å². The van der Waals surface area contributed by atoms with Gasteiger partial charge >= 0.3 is 5.97 Å². The zero-order valence-corrected chi connectivity index (χ0v) is 13.4. The predicted molar refractivity (Wildman–Crippen MR) is 87.8 cm³/mol. The molecule has 0 heterocycles. The van der Waals surface area contributed by atoms with E-state index in [2.05, 4.69) is 5.32 Å². The summed E-state index contributed by atoms with van der Waals surface area (Å²) in [4.78, 5) is 22.7. The maximum absolute atomic E-state index is 11.8. The van der Waals surface area contributed by atoms with E-state index >= 15 is 0 Å². The van der Waals surface area contributed by atoms with Crippen molar-refractivity contribution in [1.29, 1.82) is 0 Å². The highest BCUT2D eigenvalue weighted by atomic mass is 16.6. The van der Waals surface area contributed by atoms with Crippen LogP contribution in [-0.2, 0) is 9.59 Å². The summed E-state index contributed by atoms with van der Waals surface area (Å²) in [6, 6.07) is 12.3. The average molecular weight is 313 g/mol. The number of hydrogen-bond donors (Lipinski definition) is 1. The van der Waals surface area contributed by atoms with Gasteiger partial charge < -0.3 is 14.8 Å². The lowest BCUT2D eigenvalue weighted by Crippen LogP contribution is -2.17. The smallest absolute Gasteiger partial charge is 0.349 e. The van der Waals surface area contributed by atoms with Gasteiger partial charge in [0.15, 0.2) is 6.61 Å². The second-order valence-corrected chi connectivity index (χ2v) is 5.29. The van der Waals surface area contributed by atoms with Crippen LogP contribution in [-0.4, -0.2) is 18.5 Å². The molecule has 23 heavy (non-hydrogen) atoms. The molecule has 0 atom stereocenters. The van der Waals surface area contributed by atoms with E-state index in [1.807, 2.05) is 32.0 Å². The van der Waals surface area contributed by atoms with Crippen LogP contribution in [0.15, 0.2) is 42.5 Å². The quantitative estimate of drug-likeness (QED) is 0.680. The van der Waals surface area contributed by atoms with Crippen molar-refractivity contribution in [2.75, 3.05) is 11.9 Å². The van der Waals surface area contributed by atoms with Crippen LogP contribution in [0.1, 0.15) is 18.1 Å². The van der Waals surface area contributed by atoms with E-state index in [9.17, 15) is 9.59 Å². The number of anilines is 1. The molecule has 0 radical (unpaired) electrons. The Morgan fingerprint density at radius 1 is 0.957 bits per heavy atom. The molecule has 0 aliphatic heterocycles. The molecule has 0 fully saturated rings. The number of carbonyl (C=O) groups excluding carboxylic acids is 2. The molecule has 5 heteroatoms. The normalized spacial score (nSPS) is 10.0. The van der Waals surface area contributed by atoms with Gasteiger partial charge in [-0.3, -0.25) is 4.79 Å². The van der Waals surface area contributed by atoms with E-state index in [4.69, 9.17) is 9.47 Å². The van der Waals surface area contributed by atoms with Gasteiger partial charge in [0, 0.05) is 12.6 Å². The predicted octanol–water partition coefficient (Wildman–Crippen LogP) is 3.25. The number of esters is 1. The lowest BCUT2D eigenvalue weighted by Gasteiger charge is -2.09. The number of benzene rings is 2. The monoisotopic (exact) mass is 313 g/mol. The van der Waals surface area contributed by atoms with Crippen LogP contribution in [0.25, 0.3) is 0 Å². The Labute approximate surface area is 135 Å². The molecule has 0 saturated heterocycles. The first kappa shape index (κ1) is 16.5. The highest BCUT2D eigenvalue weighted by Crippen LogP contribution is 2.18. The lowest BCUT2D eigenvalue weighted by atomic mass is 10.1. The summed E-state index contributed by atoms with van der Waals surface area (Å²) < 4.78 is 10.6. The summed E-state index contributed by atoms with van der Waals surface area (Å²) in [7, 11) is 0. The van der Waals surface area contributed by atoms with Crippen LogP contribution < -0.4 is 14.8 Å². The van der Waals surface area contributed by atoms with Crippen molar-refractivity contribution in [2.24, 2.45) is 0 Å². The third-order valence-corrected chi connectivity index (χ3v) is 2.96. The van der Waals surface area contributed by atoms with Gasteiger partial charge in [0.1, 0.15) is 11.5 Å². The van der Waals surface area contributed by atoms with Crippen molar-refractivity contribution in [3.8, 4) is 11.5 Å². The molecule has 120 valence electrons. The number of ether oxygens (including phenoxy) is 2. The molecule has 0 aliphatic carbocycles. The van der Waals surface area contributed by atoms with Crippen molar-refractivity contribution in [3.05, 3.63) is 53.6 Å². The van der Waals surface area contributed by atoms with Crippen LogP contribution >= 0.6 is 0 Å². The van der Waals surface area contributed by atoms with Crippen LogP contribution in [0.2, 0.25) is 0 Å². The molecular formula is C18H19NO4. The molecule has 0 spiro atoms. The Hall–Kier alpha value is -2.82. The summed E-state index contributed by atoms with van der Waals surface area (Å²) in [6.07, 6.45) is 0. The SMILES string of the molecule is CC(=O)Nc1ccc(OC(=O)COc2cc(C)cc(C)c2)cc1. The van der Waals surface area contributed by atoms with Crippen LogP contribution in [0.5, 0.6) is 11.5 Å². The highest BCUT2D eigenvalue weighted by molar-refractivity contribution is 5.88. The minimum absolute atomic E-state index is 0.156. The molecule has 2 rings (SSSR count). The molecule has 5 nitrogen and oxygen atoms in total. The van der Waals surface area contributed by atoms with Crippen molar-refractivity contribution >= 4 is 17.6 Å². The maximum atomic E-state index is 11.8. The number of rotatable bonds is 5. The summed E-state index contributed by atoms with van der Waals surface area (Å²) in [5.74, 6) is 0.390. The Morgan fingerprint density at radius 2 is 1.57 bits per heavy atom. The Balaban J connectivity index is 1.88. The van der Waals surface area contributed by atoms with Crippen LogP contribution in [0, 0.1) is 13.8 Å². The molecule has 1 N–H and O–H groups in total. The maximum Gasteiger partial charge on any atom is 0.349 e. The Bertz CT molecular complexity index is 687. The number of amides is 1. The van der Waals surface area contributed by atoms with E-state index in [-0.39, 0.29) is 12.5 Å². The summed E-state index contributed by atoms with van der Waals surface area (Å²) in [5, 5.41) is 2.64. The van der Waals surface area contributed by atoms with Gasteiger partial charge in [-0.05, 0) is 61.4 Å². The molecule has 1 amide bonds. The van der Waals surface area contributed by atoms with Crippen LogP contribution in [0.4, 0.5) is 5.69 Å². The van der Waals surface area contributed by atoms with Crippen molar-refractivity contribution in [2.45, 2.75) is 20.8 Å². The fraction of sp³-hybridized carbons (Fsp3) is 0.222. The largest absolute Gasteiger partial charge is 0.482 e. The van der Waals surface area contributed by atoms with E-state index in [1.165, 1.54) is 6.92 Å². The van der Waals surface area contributed by atoms with E-state index in [1.54, 1.807) is 24.3 Å². The second kappa shape index (κ2) is 7.45. The van der Waals surface area contributed by atoms with E-state index < -0.39 is 5.97 Å². The van der Waals surface area contributed by atoms with Gasteiger partial charge in [0.2, 0.25) is 5.91 Å². The number of hydrogen-bond acceptors (Lipinski definition) is 4. The van der Waals surface area contributed by atoms with Crippen molar-refractivity contribution in [3.63, 3.8) is 0 Å². The molecule has 0 bridgehead atoms. The fourth-order valence-corrected chi connectivity index (χ4v) is 2.13. The molecule has 0 unspecified atom stereocenters. The highest BCUT2D eigenvalue weighted by Gasteiger charge is 2.07. The Morgan fingerprint density at radius 3 is 2.13 bits per heavy atom. The summed E-state index contributed by atoms with van der Waals surface area (Å²) >= 11 is 0. The van der Waals surface area contributed by atoms with Gasteiger partial charge in [-0.1, -0.05) is 6.07 Å². The Kier molecular flexibility index (Phi) is 5.36. The molecular weight excluding hydrogens is 294 g/mol. The lowest BCUT2D eigenvalue weighted by molar-refractivity contribution is -0.136. The molecule has 0 aromatic heterocycles.